The third-order valence-corrected chi connectivity index (χ3v) is 4.52. The average molecular weight is 356 g/mol. The van der Waals surface area contributed by atoms with Gasteiger partial charge in [-0.05, 0) is 53.7 Å². The molecule has 0 aliphatic heterocycles. The quantitative estimate of drug-likeness (QED) is 0.868. The zero-order valence-electron chi connectivity index (χ0n) is 11.8. The number of hydrogen-bond acceptors (Lipinski definition) is 3. The van der Waals surface area contributed by atoms with E-state index in [1.165, 1.54) is 0 Å². The van der Waals surface area contributed by atoms with Gasteiger partial charge in [-0.15, -0.1) is 0 Å². The standard InChI is InChI=1S/C15H18BrNO4/c1-21-13-8-11(6-7-12(13)16)17-14(18)9-2-4-10(5-3-9)15(19)20/h6-10H,2-5H2,1H3,(H,17,18)(H,19,20). The van der Waals surface area contributed by atoms with Gasteiger partial charge in [0.25, 0.3) is 0 Å². The topological polar surface area (TPSA) is 75.6 Å². The van der Waals surface area contributed by atoms with Crippen LogP contribution in [-0.4, -0.2) is 24.1 Å². The molecule has 1 amide bonds. The summed E-state index contributed by atoms with van der Waals surface area (Å²) in [6.45, 7) is 0. The molecule has 21 heavy (non-hydrogen) atoms. The van der Waals surface area contributed by atoms with Crippen molar-refractivity contribution in [1.29, 1.82) is 0 Å². The first-order chi connectivity index (χ1) is 10.0. The van der Waals surface area contributed by atoms with E-state index in [-0.39, 0.29) is 17.7 Å². The number of carbonyl (C=O) groups is 2. The fraction of sp³-hybridized carbons (Fsp3) is 0.467. The molecule has 2 N–H and O–H groups in total. The molecule has 0 saturated heterocycles. The van der Waals surface area contributed by atoms with E-state index < -0.39 is 5.97 Å². The molecular formula is C15H18BrNO4. The molecule has 2 rings (SSSR count). The van der Waals surface area contributed by atoms with Crippen molar-refractivity contribution in [2.24, 2.45) is 11.8 Å². The molecule has 114 valence electrons. The number of nitrogens with one attached hydrogen (secondary N) is 1. The maximum atomic E-state index is 12.2. The summed E-state index contributed by atoms with van der Waals surface area (Å²) in [6, 6.07) is 5.37. The third kappa shape index (κ3) is 3.97. The van der Waals surface area contributed by atoms with Crippen LogP contribution in [0.3, 0.4) is 0 Å². The number of hydrogen-bond donors (Lipinski definition) is 2. The van der Waals surface area contributed by atoms with E-state index in [9.17, 15) is 9.59 Å². The molecule has 0 bridgehead atoms. The Hall–Kier alpha value is -1.56. The molecule has 0 atom stereocenters. The molecule has 6 heteroatoms. The summed E-state index contributed by atoms with van der Waals surface area (Å²) in [5.41, 5.74) is 0.681. The number of aliphatic carboxylic acids is 1. The Morgan fingerprint density at radius 2 is 1.86 bits per heavy atom. The average Bonchev–Trinajstić information content (AvgIpc) is 2.49. The van der Waals surface area contributed by atoms with E-state index in [0.717, 1.165) is 4.47 Å². The minimum absolute atomic E-state index is 0.0526. The van der Waals surface area contributed by atoms with Gasteiger partial charge < -0.3 is 15.2 Å². The summed E-state index contributed by atoms with van der Waals surface area (Å²) < 4.78 is 6.01. The second kappa shape index (κ2) is 6.93. The molecule has 1 aliphatic carbocycles. The van der Waals surface area contributed by atoms with Gasteiger partial charge in [-0.2, -0.15) is 0 Å². The fourth-order valence-corrected chi connectivity index (χ4v) is 2.99. The van der Waals surface area contributed by atoms with Gasteiger partial charge in [-0.3, -0.25) is 9.59 Å². The van der Waals surface area contributed by atoms with Crippen LogP contribution in [0.2, 0.25) is 0 Å². The number of benzene rings is 1. The normalized spacial score (nSPS) is 21.6. The van der Waals surface area contributed by atoms with Gasteiger partial charge in [-0.1, -0.05) is 0 Å². The van der Waals surface area contributed by atoms with Crippen molar-refractivity contribution in [1.82, 2.24) is 0 Å². The number of carboxylic acids is 1. The number of carboxylic acid groups (broad SMARTS) is 1. The van der Waals surface area contributed by atoms with Crippen LogP contribution in [0, 0.1) is 11.8 Å². The van der Waals surface area contributed by atoms with Crippen molar-refractivity contribution in [2.75, 3.05) is 12.4 Å². The highest BCUT2D eigenvalue weighted by Gasteiger charge is 2.29. The highest BCUT2D eigenvalue weighted by atomic mass is 79.9. The Balaban J connectivity index is 1.95. The van der Waals surface area contributed by atoms with Crippen LogP contribution in [0.15, 0.2) is 22.7 Å². The second-order valence-corrected chi connectivity index (χ2v) is 6.08. The van der Waals surface area contributed by atoms with E-state index in [2.05, 4.69) is 21.2 Å². The molecule has 0 spiro atoms. The van der Waals surface area contributed by atoms with E-state index in [4.69, 9.17) is 9.84 Å². The Morgan fingerprint density at radius 1 is 1.24 bits per heavy atom. The maximum absolute atomic E-state index is 12.2. The lowest BCUT2D eigenvalue weighted by Gasteiger charge is -2.25. The van der Waals surface area contributed by atoms with Crippen molar-refractivity contribution in [2.45, 2.75) is 25.7 Å². The molecule has 1 fully saturated rings. The minimum atomic E-state index is -0.758. The van der Waals surface area contributed by atoms with Gasteiger partial charge in [-0.25, -0.2) is 0 Å². The van der Waals surface area contributed by atoms with Gasteiger partial charge in [0.2, 0.25) is 5.91 Å². The predicted octanol–water partition coefficient (Wildman–Crippen LogP) is 3.29. The van der Waals surface area contributed by atoms with Crippen LogP contribution in [0.25, 0.3) is 0 Å². The lowest BCUT2D eigenvalue weighted by molar-refractivity contribution is -0.143. The van der Waals surface area contributed by atoms with Gasteiger partial charge in [0.15, 0.2) is 0 Å². The fourth-order valence-electron chi connectivity index (χ4n) is 2.58. The molecule has 1 aromatic carbocycles. The first kappa shape index (κ1) is 15.8. The number of amides is 1. The summed E-state index contributed by atoms with van der Waals surface area (Å²) in [7, 11) is 1.57. The van der Waals surface area contributed by atoms with Crippen LogP contribution < -0.4 is 10.1 Å². The Bertz CT molecular complexity index is 538. The zero-order valence-corrected chi connectivity index (χ0v) is 13.4. The molecule has 1 aromatic rings. The molecule has 0 aromatic heterocycles. The van der Waals surface area contributed by atoms with Gasteiger partial charge >= 0.3 is 5.97 Å². The SMILES string of the molecule is COc1cc(NC(=O)C2CCC(C(=O)O)CC2)ccc1Br. The molecule has 0 radical (unpaired) electrons. The Morgan fingerprint density at radius 3 is 2.43 bits per heavy atom. The largest absolute Gasteiger partial charge is 0.495 e. The van der Waals surface area contributed by atoms with Crippen LogP contribution in [0.1, 0.15) is 25.7 Å². The van der Waals surface area contributed by atoms with Crippen LogP contribution in [-0.2, 0) is 9.59 Å². The summed E-state index contributed by atoms with van der Waals surface area (Å²) in [6.07, 6.45) is 2.38. The number of methoxy groups -OCH3 is 1. The number of ether oxygens (including phenoxy) is 1. The summed E-state index contributed by atoms with van der Waals surface area (Å²) in [5, 5.41) is 11.8. The summed E-state index contributed by atoms with van der Waals surface area (Å²) >= 11 is 3.36. The molecule has 0 heterocycles. The maximum Gasteiger partial charge on any atom is 0.306 e. The van der Waals surface area contributed by atoms with Crippen LogP contribution in [0.5, 0.6) is 5.75 Å². The summed E-state index contributed by atoms with van der Waals surface area (Å²) in [4.78, 5) is 23.1. The lowest BCUT2D eigenvalue weighted by atomic mass is 9.81. The molecule has 1 saturated carbocycles. The molecular weight excluding hydrogens is 338 g/mol. The first-order valence-corrected chi connectivity index (χ1v) is 7.67. The number of halogens is 1. The van der Waals surface area contributed by atoms with Crippen molar-refractivity contribution in [3.63, 3.8) is 0 Å². The monoisotopic (exact) mass is 355 g/mol. The molecule has 0 unspecified atom stereocenters. The van der Waals surface area contributed by atoms with Crippen molar-refractivity contribution in [3.05, 3.63) is 22.7 Å². The second-order valence-electron chi connectivity index (χ2n) is 5.23. The molecule has 5 nitrogen and oxygen atoms in total. The smallest absolute Gasteiger partial charge is 0.306 e. The summed E-state index contributed by atoms with van der Waals surface area (Å²) in [5.74, 6) is -0.575. The number of rotatable bonds is 4. The van der Waals surface area contributed by atoms with Gasteiger partial charge in [0.05, 0.1) is 17.5 Å². The van der Waals surface area contributed by atoms with Crippen LogP contribution >= 0.6 is 15.9 Å². The first-order valence-electron chi connectivity index (χ1n) is 6.88. The van der Waals surface area contributed by atoms with E-state index in [1.807, 2.05) is 6.07 Å². The number of carbonyl (C=O) groups excluding carboxylic acids is 1. The molecule has 1 aliphatic rings. The zero-order chi connectivity index (χ0) is 15.4. The van der Waals surface area contributed by atoms with Crippen molar-refractivity contribution < 1.29 is 19.4 Å². The Labute approximate surface area is 131 Å². The van der Waals surface area contributed by atoms with Gasteiger partial charge in [0, 0.05) is 17.7 Å². The van der Waals surface area contributed by atoms with E-state index >= 15 is 0 Å². The van der Waals surface area contributed by atoms with Gasteiger partial charge in [0.1, 0.15) is 5.75 Å². The van der Waals surface area contributed by atoms with Crippen LogP contribution in [0.4, 0.5) is 5.69 Å². The van der Waals surface area contributed by atoms with Crippen molar-refractivity contribution in [3.8, 4) is 5.75 Å². The highest BCUT2D eigenvalue weighted by Crippen LogP contribution is 2.31. The highest BCUT2D eigenvalue weighted by molar-refractivity contribution is 9.10. The minimum Gasteiger partial charge on any atom is -0.495 e. The van der Waals surface area contributed by atoms with E-state index in [1.54, 1.807) is 19.2 Å². The lowest BCUT2D eigenvalue weighted by Crippen LogP contribution is -2.29. The van der Waals surface area contributed by atoms with Crippen molar-refractivity contribution >= 4 is 33.5 Å². The third-order valence-electron chi connectivity index (χ3n) is 3.87. The Kier molecular flexibility index (Phi) is 5.22. The number of anilines is 1. The van der Waals surface area contributed by atoms with E-state index in [0.29, 0.717) is 37.1 Å². The predicted molar refractivity (Wildman–Crippen MR) is 82.4 cm³/mol.